The van der Waals surface area contributed by atoms with Crippen molar-refractivity contribution in [2.24, 2.45) is 0 Å². The molecule has 4 nitrogen and oxygen atoms in total. The number of hydrogen-bond donors (Lipinski definition) is 0. The van der Waals surface area contributed by atoms with Crippen molar-refractivity contribution in [3.8, 4) is 123 Å². The quantitative estimate of drug-likeness (QED) is 0.130. The molecule has 0 saturated heterocycles. The van der Waals surface area contributed by atoms with Gasteiger partial charge in [-0.05, 0) is 62.2 Å². The molecule has 0 unspecified atom stereocenters. The van der Waals surface area contributed by atoms with Crippen molar-refractivity contribution in [1.82, 2.24) is 19.9 Å². The van der Waals surface area contributed by atoms with Crippen LogP contribution in [-0.2, 0) is 0 Å². The average Bonchev–Trinajstić information content (AvgIpc) is 3.48. The van der Waals surface area contributed by atoms with Crippen molar-refractivity contribution < 1.29 is 0 Å². The van der Waals surface area contributed by atoms with Crippen molar-refractivity contribution in [1.29, 1.82) is 0 Å². The fraction of sp³-hybridized carbons (Fsp3) is 0. The van der Waals surface area contributed by atoms with Gasteiger partial charge in [-0.25, -0.2) is 19.9 Å². The van der Waals surface area contributed by atoms with E-state index >= 15 is 0 Å². The van der Waals surface area contributed by atoms with Gasteiger partial charge in [0.05, 0.1) is 11.4 Å². The van der Waals surface area contributed by atoms with Gasteiger partial charge in [0.15, 0.2) is 17.5 Å². The zero-order valence-electron chi connectivity index (χ0n) is 39.3. The minimum Gasteiger partial charge on any atom is -0.246 e. The highest BCUT2D eigenvalue weighted by Gasteiger charge is 2.25. The van der Waals surface area contributed by atoms with Gasteiger partial charge in [-0.15, -0.1) is 0 Å². The second-order valence-corrected chi connectivity index (χ2v) is 17.8. The van der Waals surface area contributed by atoms with E-state index < -0.39 is 0 Å². The molecule has 0 bridgehead atoms. The largest absolute Gasteiger partial charge is 0.246 e. The molecular formula is C68H46N4. The average molecular weight is 919 g/mol. The van der Waals surface area contributed by atoms with Gasteiger partial charge in [-0.1, -0.05) is 267 Å². The van der Waals surface area contributed by atoms with Crippen LogP contribution in [0.15, 0.2) is 279 Å². The number of nitrogens with zero attached hydrogens (tertiary/aromatic N) is 4. The number of benzene rings is 10. The van der Waals surface area contributed by atoms with Gasteiger partial charge < -0.3 is 0 Å². The third-order valence-electron chi connectivity index (χ3n) is 13.2. The molecule has 0 radical (unpaired) electrons. The predicted molar refractivity (Wildman–Crippen MR) is 297 cm³/mol. The Balaban J connectivity index is 0.966. The maximum atomic E-state index is 5.61. The summed E-state index contributed by atoms with van der Waals surface area (Å²) in [5.74, 6) is 1.84. The van der Waals surface area contributed by atoms with E-state index in [0.29, 0.717) is 17.5 Å². The summed E-state index contributed by atoms with van der Waals surface area (Å²) >= 11 is 0. The topological polar surface area (TPSA) is 51.6 Å². The van der Waals surface area contributed by atoms with E-state index in [-0.39, 0.29) is 0 Å². The van der Waals surface area contributed by atoms with E-state index in [0.717, 1.165) is 106 Å². The smallest absolute Gasteiger partial charge is 0.164 e. The summed E-state index contributed by atoms with van der Waals surface area (Å²) in [5, 5.41) is 0. The minimum atomic E-state index is 0.607. The molecule has 0 spiro atoms. The van der Waals surface area contributed by atoms with E-state index in [1.54, 1.807) is 0 Å². The maximum Gasteiger partial charge on any atom is 0.164 e. The van der Waals surface area contributed by atoms with Crippen molar-refractivity contribution in [3.05, 3.63) is 279 Å². The lowest BCUT2D eigenvalue weighted by molar-refractivity contribution is 1.07. The van der Waals surface area contributed by atoms with Gasteiger partial charge in [0, 0.05) is 44.5 Å². The SMILES string of the molecule is c1ccc(-c2cccc(-c3nc(-c4ccc(-c5ccc(-c6c(-c7ccccc7)c(-c7ccccc7)nc(-c7ccccc7)c6-c6ccccc6)cc5)cc4)nc(-c4cccc(-c5ccccc5)c4)n3)c2)cc1. The van der Waals surface area contributed by atoms with Crippen LogP contribution >= 0.6 is 0 Å². The first-order chi connectivity index (χ1) is 35.7. The normalized spacial score (nSPS) is 11.1. The highest BCUT2D eigenvalue weighted by atomic mass is 15.0. The molecule has 2 aromatic heterocycles. The molecule has 0 atom stereocenters. The fourth-order valence-electron chi connectivity index (χ4n) is 9.60. The van der Waals surface area contributed by atoms with Gasteiger partial charge in [-0.2, -0.15) is 0 Å². The summed E-state index contributed by atoms with van der Waals surface area (Å²) in [5.41, 5.74) is 20.0. The lowest BCUT2D eigenvalue weighted by atomic mass is 9.83. The first kappa shape index (κ1) is 43.6. The van der Waals surface area contributed by atoms with Crippen molar-refractivity contribution in [3.63, 3.8) is 0 Å². The van der Waals surface area contributed by atoms with Gasteiger partial charge in [0.25, 0.3) is 0 Å². The summed E-state index contributed by atoms with van der Waals surface area (Å²) in [7, 11) is 0. The Morgan fingerprint density at radius 1 is 0.153 bits per heavy atom. The van der Waals surface area contributed by atoms with Gasteiger partial charge in [0.1, 0.15) is 0 Å². The number of hydrogen-bond acceptors (Lipinski definition) is 4. The van der Waals surface area contributed by atoms with Crippen LogP contribution in [0.1, 0.15) is 0 Å². The summed E-state index contributed by atoms with van der Waals surface area (Å²) in [6.07, 6.45) is 0. The Hall–Kier alpha value is -9.64. The third kappa shape index (κ3) is 8.93. The monoisotopic (exact) mass is 918 g/mol. The van der Waals surface area contributed by atoms with Crippen LogP contribution in [0.2, 0.25) is 0 Å². The highest BCUT2D eigenvalue weighted by Crippen LogP contribution is 2.49. The lowest BCUT2D eigenvalue weighted by Crippen LogP contribution is -2.01. The molecule has 0 aliphatic rings. The summed E-state index contributed by atoms with van der Waals surface area (Å²) in [6.45, 7) is 0. The Kier molecular flexibility index (Phi) is 12.0. The molecular weight excluding hydrogens is 873 g/mol. The molecule has 0 amide bonds. The molecule has 72 heavy (non-hydrogen) atoms. The molecule has 0 N–H and O–H groups in total. The first-order valence-electron chi connectivity index (χ1n) is 24.3. The summed E-state index contributed by atoms with van der Waals surface area (Å²) < 4.78 is 0. The highest BCUT2D eigenvalue weighted by molar-refractivity contribution is 6.05. The predicted octanol–water partition coefficient (Wildman–Crippen LogP) is 17.6. The number of aromatic nitrogens is 4. The molecule has 12 rings (SSSR count). The molecule has 2 heterocycles. The summed E-state index contributed by atoms with van der Waals surface area (Å²) in [4.78, 5) is 21.1. The molecule has 0 aliphatic heterocycles. The summed E-state index contributed by atoms with van der Waals surface area (Å²) in [6, 6.07) is 97.8. The molecule has 4 heteroatoms. The van der Waals surface area contributed by atoms with E-state index in [4.69, 9.17) is 19.9 Å². The van der Waals surface area contributed by atoms with E-state index in [9.17, 15) is 0 Å². The zero-order valence-corrected chi connectivity index (χ0v) is 39.3. The molecule has 0 fully saturated rings. The Bertz CT molecular complexity index is 3590. The Morgan fingerprint density at radius 3 is 0.778 bits per heavy atom. The van der Waals surface area contributed by atoms with E-state index in [2.05, 4.69) is 267 Å². The van der Waals surface area contributed by atoms with Crippen molar-refractivity contribution in [2.75, 3.05) is 0 Å². The third-order valence-corrected chi connectivity index (χ3v) is 13.2. The van der Waals surface area contributed by atoms with Crippen LogP contribution in [0.5, 0.6) is 0 Å². The fourth-order valence-corrected chi connectivity index (χ4v) is 9.60. The number of rotatable bonds is 11. The second-order valence-electron chi connectivity index (χ2n) is 17.8. The number of pyridine rings is 1. The standard InChI is InChI=1S/C68H46N4/c1-7-21-47(22-8-1)57-33-19-35-59(45-57)67-70-66(71-68(72-67)60-36-20-34-58(46-60)48-23-9-2-10-24-48)56-43-39-50(40-44-56)49-37-41-53(42-38-49)61-62(51-25-11-3-12-26-51)64(54-29-15-5-16-30-54)69-65(55-31-17-6-18-32-55)63(61)52-27-13-4-14-28-52/h1-46H. The molecule has 12 aromatic rings. The van der Waals surface area contributed by atoms with Gasteiger partial charge in [0.2, 0.25) is 0 Å². The van der Waals surface area contributed by atoms with Gasteiger partial charge >= 0.3 is 0 Å². The Morgan fingerprint density at radius 2 is 0.403 bits per heavy atom. The molecule has 0 aliphatic carbocycles. The first-order valence-corrected chi connectivity index (χ1v) is 24.3. The van der Waals surface area contributed by atoms with Crippen LogP contribution < -0.4 is 0 Å². The second kappa shape index (κ2) is 19.8. The van der Waals surface area contributed by atoms with Crippen LogP contribution in [0.3, 0.4) is 0 Å². The zero-order chi connectivity index (χ0) is 48.1. The van der Waals surface area contributed by atoms with Crippen LogP contribution in [-0.4, -0.2) is 19.9 Å². The minimum absolute atomic E-state index is 0.607. The molecule has 10 aromatic carbocycles. The van der Waals surface area contributed by atoms with Crippen LogP contribution in [0, 0.1) is 0 Å². The Labute approximate surface area is 420 Å². The van der Waals surface area contributed by atoms with Crippen LogP contribution in [0.25, 0.3) is 123 Å². The molecule has 0 saturated carbocycles. The van der Waals surface area contributed by atoms with Crippen LogP contribution in [0.4, 0.5) is 0 Å². The van der Waals surface area contributed by atoms with E-state index in [1.165, 1.54) is 0 Å². The van der Waals surface area contributed by atoms with Crippen molar-refractivity contribution >= 4 is 0 Å². The maximum absolute atomic E-state index is 5.61. The van der Waals surface area contributed by atoms with E-state index in [1.807, 2.05) is 12.1 Å². The van der Waals surface area contributed by atoms with Crippen molar-refractivity contribution in [2.45, 2.75) is 0 Å². The molecule has 338 valence electrons. The van der Waals surface area contributed by atoms with Gasteiger partial charge in [-0.3, -0.25) is 0 Å². The lowest BCUT2D eigenvalue weighted by Gasteiger charge is -2.23.